The van der Waals surface area contributed by atoms with Crippen molar-refractivity contribution in [2.45, 2.75) is 32.4 Å². The largest absolute Gasteiger partial charge is 0.352 e. The highest BCUT2D eigenvalue weighted by atomic mass is 15.4. The lowest BCUT2D eigenvalue weighted by Gasteiger charge is -2.26. The highest BCUT2D eigenvalue weighted by Crippen LogP contribution is 2.26. The predicted octanol–water partition coefficient (Wildman–Crippen LogP) is 0.693. The van der Waals surface area contributed by atoms with Crippen molar-refractivity contribution in [1.82, 2.24) is 34.3 Å². The lowest BCUT2D eigenvalue weighted by atomic mass is 10.2. The number of anilines is 1. The highest BCUT2D eigenvalue weighted by molar-refractivity contribution is 5.48. The van der Waals surface area contributed by atoms with Crippen molar-refractivity contribution in [3.05, 3.63) is 30.7 Å². The van der Waals surface area contributed by atoms with Crippen LogP contribution < -0.4 is 4.90 Å². The van der Waals surface area contributed by atoms with Crippen LogP contribution in [0, 0.1) is 6.92 Å². The van der Waals surface area contributed by atoms with E-state index in [0.29, 0.717) is 11.8 Å². The van der Waals surface area contributed by atoms with Gasteiger partial charge in [0.25, 0.3) is 5.78 Å². The van der Waals surface area contributed by atoms with Crippen LogP contribution in [-0.4, -0.2) is 46.9 Å². The van der Waals surface area contributed by atoms with Crippen LogP contribution in [0.1, 0.15) is 18.5 Å². The first-order valence-electron chi connectivity index (χ1n) is 7.08. The SMILES string of the molecule is Cc1cc(N2CCC[C@H]2Cn2cncn2)n2ncnc2n1. The normalized spacial score (nSPS) is 18.7. The van der Waals surface area contributed by atoms with E-state index in [4.69, 9.17) is 0 Å². The van der Waals surface area contributed by atoms with Crippen LogP contribution in [0.2, 0.25) is 0 Å². The van der Waals surface area contributed by atoms with Gasteiger partial charge in [-0.15, -0.1) is 0 Å². The quantitative estimate of drug-likeness (QED) is 0.704. The first kappa shape index (κ1) is 12.2. The summed E-state index contributed by atoms with van der Waals surface area (Å²) in [6.45, 7) is 3.83. The molecular weight excluding hydrogens is 268 g/mol. The third-order valence-corrected chi connectivity index (χ3v) is 3.90. The van der Waals surface area contributed by atoms with Gasteiger partial charge in [0.05, 0.1) is 12.6 Å². The van der Waals surface area contributed by atoms with Crippen molar-refractivity contribution in [2.24, 2.45) is 0 Å². The first-order chi connectivity index (χ1) is 10.3. The lowest BCUT2D eigenvalue weighted by molar-refractivity contribution is 0.504. The molecule has 1 aliphatic heterocycles. The van der Waals surface area contributed by atoms with Gasteiger partial charge in [0.15, 0.2) is 0 Å². The van der Waals surface area contributed by atoms with Crippen LogP contribution in [0.25, 0.3) is 5.78 Å². The van der Waals surface area contributed by atoms with Crippen LogP contribution in [0.5, 0.6) is 0 Å². The van der Waals surface area contributed by atoms with Crippen molar-refractivity contribution in [3.8, 4) is 0 Å². The number of rotatable bonds is 3. The van der Waals surface area contributed by atoms with E-state index in [0.717, 1.165) is 37.4 Å². The Labute approximate surface area is 121 Å². The minimum absolute atomic E-state index is 0.390. The Kier molecular flexibility index (Phi) is 2.80. The molecule has 8 nitrogen and oxygen atoms in total. The second-order valence-corrected chi connectivity index (χ2v) is 5.33. The topological polar surface area (TPSA) is 77.0 Å². The van der Waals surface area contributed by atoms with E-state index >= 15 is 0 Å². The Morgan fingerprint density at radius 1 is 1.29 bits per heavy atom. The van der Waals surface area contributed by atoms with Gasteiger partial charge in [-0.05, 0) is 19.8 Å². The molecular formula is C13H16N8. The molecule has 0 aliphatic carbocycles. The van der Waals surface area contributed by atoms with E-state index in [1.807, 2.05) is 16.1 Å². The maximum absolute atomic E-state index is 4.40. The van der Waals surface area contributed by atoms with Gasteiger partial charge in [0, 0.05) is 18.3 Å². The highest BCUT2D eigenvalue weighted by Gasteiger charge is 2.27. The molecule has 4 rings (SSSR count). The van der Waals surface area contributed by atoms with Crippen molar-refractivity contribution >= 4 is 11.6 Å². The van der Waals surface area contributed by atoms with E-state index in [-0.39, 0.29) is 0 Å². The first-order valence-corrected chi connectivity index (χ1v) is 7.08. The smallest absolute Gasteiger partial charge is 0.254 e. The summed E-state index contributed by atoms with van der Waals surface area (Å²) in [5.74, 6) is 1.70. The third kappa shape index (κ3) is 2.12. The molecule has 0 aromatic carbocycles. The average molecular weight is 284 g/mol. The molecule has 0 radical (unpaired) electrons. The Hall–Kier alpha value is -2.51. The molecule has 8 heteroatoms. The summed E-state index contributed by atoms with van der Waals surface area (Å²) in [4.78, 5) is 15.0. The van der Waals surface area contributed by atoms with E-state index in [1.54, 1.807) is 19.0 Å². The fraction of sp³-hybridized carbons (Fsp3) is 0.462. The van der Waals surface area contributed by atoms with Gasteiger partial charge in [-0.1, -0.05) is 0 Å². The summed E-state index contributed by atoms with van der Waals surface area (Å²) in [5, 5.41) is 8.51. The van der Waals surface area contributed by atoms with Crippen LogP contribution in [0.4, 0.5) is 5.82 Å². The van der Waals surface area contributed by atoms with Crippen molar-refractivity contribution < 1.29 is 0 Å². The molecule has 0 saturated carbocycles. The van der Waals surface area contributed by atoms with E-state index in [9.17, 15) is 0 Å². The molecule has 0 bridgehead atoms. The molecule has 3 aromatic heterocycles. The predicted molar refractivity (Wildman–Crippen MR) is 75.9 cm³/mol. The van der Waals surface area contributed by atoms with Crippen LogP contribution in [-0.2, 0) is 6.54 Å². The van der Waals surface area contributed by atoms with Crippen molar-refractivity contribution in [2.75, 3.05) is 11.4 Å². The Bertz CT molecular complexity index is 747. The molecule has 0 N–H and O–H groups in total. The van der Waals surface area contributed by atoms with Crippen LogP contribution >= 0.6 is 0 Å². The molecule has 0 spiro atoms. The molecule has 4 heterocycles. The van der Waals surface area contributed by atoms with Gasteiger partial charge >= 0.3 is 0 Å². The number of fused-ring (bicyclic) bond motifs is 1. The van der Waals surface area contributed by atoms with Gasteiger partial charge in [-0.25, -0.2) is 9.97 Å². The number of aromatic nitrogens is 7. The molecule has 21 heavy (non-hydrogen) atoms. The number of hydrogen-bond acceptors (Lipinski definition) is 6. The van der Waals surface area contributed by atoms with Gasteiger partial charge < -0.3 is 4.90 Å². The van der Waals surface area contributed by atoms with Gasteiger partial charge in [0.1, 0.15) is 24.8 Å². The van der Waals surface area contributed by atoms with Gasteiger partial charge in [0.2, 0.25) is 0 Å². The van der Waals surface area contributed by atoms with Gasteiger partial charge in [-0.3, -0.25) is 4.68 Å². The standard InChI is InChI=1S/C13H16N8/c1-10-5-12(21-13(18-10)15-8-17-21)20-4-2-3-11(20)6-19-9-14-7-16-19/h5,7-9,11H,2-4,6H2,1H3/t11-/m0/s1. The molecule has 0 unspecified atom stereocenters. The summed E-state index contributed by atoms with van der Waals surface area (Å²) < 4.78 is 3.70. The van der Waals surface area contributed by atoms with Gasteiger partial charge in [-0.2, -0.15) is 19.7 Å². The second-order valence-electron chi connectivity index (χ2n) is 5.33. The molecule has 1 saturated heterocycles. The van der Waals surface area contributed by atoms with E-state index in [1.165, 1.54) is 0 Å². The molecule has 1 atom stereocenters. The van der Waals surface area contributed by atoms with E-state index in [2.05, 4.69) is 36.1 Å². The summed E-state index contributed by atoms with van der Waals surface area (Å²) in [5.41, 5.74) is 0.955. The third-order valence-electron chi connectivity index (χ3n) is 3.90. The summed E-state index contributed by atoms with van der Waals surface area (Å²) >= 11 is 0. The molecule has 3 aromatic rings. The van der Waals surface area contributed by atoms with Crippen molar-refractivity contribution in [3.63, 3.8) is 0 Å². The zero-order valence-corrected chi connectivity index (χ0v) is 11.8. The zero-order chi connectivity index (χ0) is 14.2. The fourth-order valence-corrected chi connectivity index (χ4v) is 2.99. The summed E-state index contributed by atoms with van der Waals surface area (Å²) in [6, 6.07) is 2.46. The molecule has 1 fully saturated rings. The number of hydrogen-bond donors (Lipinski definition) is 0. The zero-order valence-electron chi connectivity index (χ0n) is 11.8. The molecule has 108 valence electrons. The Balaban J connectivity index is 1.71. The van der Waals surface area contributed by atoms with Crippen molar-refractivity contribution in [1.29, 1.82) is 0 Å². The Morgan fingerprint density at radius 3 is 3.10 bits per heavy atom. The Morgan fingerprint density at radius 2 is 2.24 bits per heavy atom. The number of aryl methyl sites for hydroxylation is 1. The summed E-state index contributed by atoms with van der Waals surface area (Å²) in [6.07, 6.45) is 7.19. The second kappa shape index (κ2) is 4.80. The fourth-order valence-electron chi connectivity index (χ4n) is 2.99. The minimum atomic E-state index is 0.390. The van der Waals surface area contributed by atoms with Crippen LogP contribution in [0.3, 0.4) is 0 Å². The molecule has 0 amide bonds. The molecule has 1 aliphatic rings. The maximum Gasteiger partial charge on any atom is 0.254 e. The maximum atomic E-state index is 4.40. The average Bonchev–Trinajstić information content (AvgIpc) is 3.18. The number of nitrogens with zero attached hydrogens (tertiary/aromatic N) is 8. The summed E-state index contributed by atoms with van der Waals surface area (Å²) in [7, 11) is 0. The monoisotopic (exact) mass is 284 g/mol. The van der Waals surface area contributed by atoms with Crippen LogP contribution in [0.15, 0.2) is 25.0 Å². The minimum Gasteiger partial charge on any atom is -0.352 e. The van der Waals surface area contributed by atoms with E-state index < -0.39 is 0 Å². The lowest BCUT2D eigenvalue weighted by Crippen LogP contribution is -2.34.